The van der Waals surface area contributed by atoms with Gasteiger partial charge in [0.1, 0.15) is 16.3 Å². The molecule has 36 heavy (non-hydrogen) atoms. The number of hydrogen-bond acceptors (Lipinski definition) is 7. The molecule has 0 radical (unpaired) electrons. The van der Waals surface area contributed by atoms with Crippen molar-refractivity contribution in [3.05, 3.63) is 113 Å². The van der Waals surface area contributed by atoms with Gasteiger partial charge in [-0.1, -0.05) is 65.3 Å². The van der Waals surface area contributed by atoms with Crippen LogP contribution in [-0.4, -0.2) is 25.3 Å². The third kappa shape index (κ3) is 4.69. The summed E-state index contributed by atoms with van der Waals surface area (Å²) in [6.45, 7) is 3.64. The van der Waals surface area contributed by atoms with E-state index in [0.29, 0.717) is 17.1 Å². The Labute approximate surface area is 208 Å². The lowest BCUT2D eigenvalue weighted by molar-refractivity contribution is -0.114. The minimum absolute atomic E-state index is 0.0707. The van der Waals surface area contributed by atoms with E-state index in [1.165, 1.54) is 29.2 Å². The van der Waals surface area contributed by atoms with Crippen LogP contribution < -0.4 is 9.08 Å². The number of amidine groups is 1. The van der Waals surface area contributed by atoms with E-state index >= 15 is 0 Å². The Bertz CT molecular complexity index is 1590. The lowest BCUT2D eigenvalue weighted by Crippen LogP contribution is -2.32. The van der Waals surface area contributed by atoms with Crippen LogP contribution in [0.15, 0.2) is 105 Å². The van der Waals surface area contributed by atoms with Crippen LogP contribution in [0.4, 0.5) is 5.88 Å². The zero-order valence-corrected chi connectivity index (χ0v) is 20.3. The zero-order chi connectivity index (χ0) is 25.3. The van der Waals surface area contributed by atoms with Crippen LogP contribution in [0.25, 0.3) is 6.08 Å². The molecule has 3 aromatic carbocycles. The van der Waals surface area contributed by atoms with Gasteiger partial charge in [0.15, 0.2) is 5.84 Å². The Balaban J connectivity index is 1.42. The fraction of sp³-hybridized carbons (Fsp3) is 0.0741. The number of anilines is 1. The maximum absolute atomic E-state index is 13.3. The van der Waals surface area contributed by atoms with Crippen LogP contribution in [0, 0.1) is 13.8 Å². The lowest BCUT2D eigenvalue weighted by Gasteiger charge is -2.14. The fourth-order valence-corrected chi connectivity index (χ4v) is 4.54. The molecule has 1 aromatic heterocycles. The first-order valence-electron chi connectivity index (χ1n) is 11.0. The second-order valence-corrected chi connectivity index (χ2v) is 9.74. The summed E-state index contributed by atoms with van der Waals surface area (Å²) in [6, 6.07) is 23.7. The second kappa shape index (κ2) is 9.27. The molecule has 0 fully saturated rings. The van der Waals surface area contributed by atoms with E-state index in [2.05, 4.69) is 10.1 Å². The number of nitrogens with zero attached hydrogens (tertiary/aromatic N) is 3. The van der Waals surface area contributed by atoms with E-state index < -0.39 is 10.1 Å². The van der Waals surface area contributed by atoms with Gasteiger partial charge in [0, 0.05) is 11.6 Å². The van der Waals surface area contributed by atoms with Gasteiger partial charge < -0.3 is 8.71 Å². The second-order valence-electron chi connectivity index (χ2n) is 8.20. The predicted molar refractivity (Wildman–Crippen MR) is 135 cm³/mol. The van der Waals surface area contributed by atoms with E-state index in [4.69, 9.17) is 8.71 Å². The Morgan fingerprint density at radius 3 is 2.25 bits per heavy atom. The summed E-state index contributed by atoms with van der Waals surface area (Å²) in [4.78, 5) is 19.3. The number of aliphatic imine (C=N–C) groups is 1. The van der Waals surface area contributed by atoms with Crippen molar-refractivity contribution in [3.8, 4) is 5.75 Å². The normalized spacial score (nSPS) is 14.8. The van der Waals surface area contributed by atoms with Gasteiger partial charge in [-0.3, -0.25) is 4.79 Å². The molecule has 0 N–H and O–H groups in total. The number of carbonyl (C=O) groups excluding carboxylic acids is 1. The highest BCUT2D eigenvalue weighted by atomic mass is 32.2. The van der Waals surface area contributed by atoms with Gasteiger partial charge in [0.2, 0.25) is 5.88 Å². The smallest absolute Gasteiger partial charge is 0.339 e. The Morgan fingerprint density at radius 1 is 0.917 bits per heavy atom. The number of rotatable bonds is 6. The van der Waals surface area contributed by atoms with Crippen LogP contribution in [0.2, 0.25) is 0 Å². The number of hydrogen-bond donors (Lipinski definition) is 0. The first-order valence-corrected chi connectivity index (χ1v) is 12.5. The molecule has 2 heterocycles. The number of carbonyl (C=O) groups is 1. The third-order valence-electron chi connectivity index (χ3n) is 5.43. The van der Waals surface area contributed by atoms with Gasteiger partial charge in [-0.2, -0.15) is 8.42 Å². The molecular weight excluding hydrogens is 478 g/mol. The summed E-state index contributed by atoms with van der Waals surface area (Å²) in [6.07, 6.45) is 1.62. The van der Waals surface area contributed by atoms with Gasteiger partial charge in [-0.15, -0.1) is 0 Å². The summed E-state index contributed by atoms with van der Waals surface area (Å²) >= 11 is 0. The molecule has 0 spiro atoms. The largest absolute Gasteiger partial charge is 0.379 e. The molecule has 4 aromatic rings. The van der Waals surface area contributed by atoms with Crippen molar-refractivity contribution in [1.29, 1.82) is 0 Å². The Hall–Kier alpha value is -4.50. The van der Waals surface area contributed by atoms with Gasteiger partial charge in [-0.25, -0.2) is 9.89 Å². The summed E-state index contributed by atoms with van der Waals surface area (Å²) in [5, 5.41) is 3.89. The van der Waals surface area contributed by atoms with Crippen LogP contribution in [0.1, 0.15) is 22.4 Å². The molecule has 180 valence electrons. The van der Waals surface area contributed by atoms with Crippen molar-refractivity contribution < 1.29 is 21.9 Å². The van der Waals surface area contributed by atoms with Crippen LogP contribution in [-0.2, 0) is 14.9 Å². The quantitative estimate of drug-likeness (QED) is 0.276. The molecule has 0 atom stereocenters. The monoisotopic (exact) mass is 499 g/mol. The van der Waals surface area contributed by atoms with Crippen LogP contribution in [0.5, 0.6) is 5.75 Å². The molecule has 0 saturated heterocycles. The van der Waals surface area contributed by atoms with E-state index in [1.807, 2.05) is 37.3 Å². The maximum Gasteiger partial charge on any atom is 0.339 e. The fourth-order valence-electron chi connectivity index (χ4n) is 3.61. The Morgan fingerprint density at radius 2 is 1.61 bits per heavy atom. The van der Waals surface area contributed by atoms with Crippen molar-refractivity contribution in [3.63, 3.8) is 0 Å². The standard InChI is InChI=1S/C27H21N3O5S/c1-18-8-14-23(15-9-18)36(32,33)35-22-12-10-20(11-13-22)17-24-27(31)30(25-16-19(2)29-34-25)26(28-24)21-6-4-3-5-7-21/h3-17H,1-2H3/b24-17-. The average Bonchev–Trinajstić information content (AvgIpc) is 3.43. The molecule has 1 amide bonds. The molecule has 5 rings (SSSR count). The average molecular weight is 500 g/mol. The molecule has 0 aliphatic carbocycles. The van der Waals surface area contributed by atoms with Crippen LogP contribution in [0.3, 0.4) is 0 Å². The van der Waals surface area contributed by atoms with E-state index in [-0.39, 0.29) is 28.1 Å². The molecular formula is C27H21N3O5S. The van der Waals surface area contributed by atoms with E-state index in [9.17, 15) is 13.2 Å². The minimum atomic E-state index is -3.96. The maximum atomic E-state index is 13.3. The van der Waals surface area contributed by atoms with Crippen molar-refractivity contribution >= 4 is 33.8 Å². The molecule has 8 nitrogen and oxygen atoms in total. The van der Waals surface area contributed by atoms with Gasteiger partial charge in [0.25, 0.3) is 5.91 Å². The highest BCUT2D eigenvalue weighted by Gasteiger charge is 2.34. The van der Waals surface area contributed by atoms with Gasteiger partial charge in [0.05, 0.1) is 5.69 Å². The summed E-state index contributed by atoms with van der Waals surface area (Å²) in [7, 11) is -3.96. The molecule has 1 aliphatic rings. The first-order chi connectivity index (χ1) is 17.3. The van der Waals surface area contributed by atoms with Gasteiger partial charge >= 0.3 is 10.1 Å². The number of benzene rings is 3. The predicted octanol–water partition coefficient (Wildman–Crippen LogP) is 4.89. The Kier molecular flexibility index (Phi) is 5.99. The highest BCUT2D eigenvalue weighted by Crippen LogP contribution is 2.29. The zero-order valence-electron chi connectivity index (χ0n) is 19.5. The SMILES string of the molecule is Cc1ccc(S(=O)(=O)Oc2ccc(/C=C3\N=C(c4ccccc4)N(c4cc(C)no4)C3=O)cc2)cc1. The number of amides is 1. The molecule has 0 saturated carbocycles. The third-order valence-corrected chi connectivity index (χ3v) is 6.69. The van der Waals surface area contributed by atoms with E-state index in [1.54, 1.807) is 43.3 Å². The molecule has 1 aliphatic heterocycles. The number of aromatic nitrogens is 1. The lowest BCUT2D eigenvalue weighted by atomic mass is 10.2. The van der Waals surface area contributed by atoms with E-state index in [0.717, 1.165) is 11.1 Å². The molecule has 0 unspecified atom stereocenters. The molecule has 0 bridgehead atoms. The first kappa shape index (κ1) is 23.3. The van der Waals surface area contributed by atoms with Crippen molar-refractivity contribution in [2.24, 2.45) is 4.99 Å². The topological polar surface area (TPSA) is 102 Å². The van der Waals surface area contributed by atoms with Crippen LogP contribution >= 0.6 is 0 Å². The molecule has 9 heteroatoms. The highest BCUT2D eigenvalue weighted by molar-refractivity contribution is 7.87. The van der Waals surface area contributed by atoms with Gasteiger partial charge in [-0.05, 0) is 49.8 Å². The summed E-state index contributed by atoms with van der Waals surface area (Å²) in [5.41, 5.74) is 3.17. The van der Waals surface area contributed by atoms with Crippen molar-refractivity contribution in [1.82, 2.24) is 5.16 Å². The van der Waals surface area contributed by atoms with Crippen molar-refractivity contribution in [2.45, 2.75) is 18.7 Å². The summed E-state index contributed by atoms with van der Waals surface area (Å²) in [5.74, 6) is 0.482. The minimum Gasteiger partial charge on any atom is -0.379 e. The van der Waals surface area contributed by atoms with Crippen molar-refractivity contribution in [2.75, 3.05) is 4.90 Å². The summed E-state index contributed by atoms with van der Waals surface area (Å²) < 4.78 is 35.7. The number of aryl methyl sites for hydroxylation is 2.